The first-order valence-electron chi connectivity index (χ1n) is 7.97. The molecule has 1 heterocycles. The lowest BCUT2D eigenvalue weighted by Gasteiger charge is -2.25. The van der Waals surface area contributed by atoms with Crippen molar-refractivity contribution in [1.29, 1.82) is 0 Å². The largest absolute Gasteiger partial charge is 0.478 e. The molecule has 1 aromatic carbocycles. The van der Waals surface area contributed by atoms with E-state index in [1.165, 1.54) is 6.08 Å². The minimum absolute atomic E-state index is 0.232. The highest BCUT2D eigenvalue weighted by molar-refractivity contribution is 6.77. The molecule has 2 rings (SSSR count). The zero-order chi connectivity index (χ0) is 18.7. The van der Waals surface area contributed by atoms with Crippen molar-refractivity contribution in [3.63, 3.8) is 0 Å². The van der Waals surface area contributed by atoms with Gasteiger partial charge in [-0.15, -0.1) is 0 Å². The SMILES string of the molecule is CC(OCOc1ccc(/C=C/C(=O)O)cc1)[Si](C)(C)C.c1c[nH]cn1. The van der Waals surface area contributed by atoms with E-state index in [1.807, 2.05) is 0 Å². The lowest BCUT2D eigenvalue weighted by molar-refractivity contribution is -0.131. The van der Waals surface area contributed by atoms with Gasteiger partial charge in [0.2, 0.25) is 0 Å². The number of carboxylic acid groups (broad SMARTS) is 1. The van der Waals surface area contributed by atoms with Gasteiger partial charge in [-0.2, -0.15) is 0 Å². The molecule has 0 fully saturated rings. The number of carboxylic acids is 1. The summed E-state index contributed by atoms with van der Waals surface area (Å²) in [6.07, 6.45) is 7.73. The Balaban J connectivity index is 0.000000531. The Labute approximate surface area is 149 Å². The normalized spacial score (nSPS) is 12.3. The zero-order valence-corrected chi connectivity index (χ0v) is 16.1. The topological polar surface area (TPSA) is 84.4 Å². The van der Waals surface area contributed by atoms with E-state index in [2.05, 4.69) is 36.5 Å². The van der Waals surface area contributed by atoms with Gasteiger partial charge < -0.3 is 19.6 Å². The van der Waals surface area contributed by atoms with Crippen LogP contribution in [-0.4, -0.2) is 41.6 Å². The molecule has 2 N–H and O–H groups in total. The number of benzene rings is 1. The molecule has 1 atom stereocenters. The van der Waals surface area contributed by atoms with Crippen LogP contribution in [0.4, 0.5) is 0 Å². The molecule has 0 saturated heterocycles. The number of aromatic nitrogens is 2. The Morgan fingerprint density at radius 3 is 2.44 bits per heavy atom. The Hall–Kier alpha value is -2.38. The number of ether oxygens (including phenoxy) is 2. The van der Waals surface area contributed by atoms with Crippen LogP contribution in [0.1, 0.15) is 12.5 Å². The maximum Gasteiger partial charge on any atom is 0.328 e. The molecular formula is C18H26N2O4Si. The van der Waals surface area contributed by atoms with E-state index in [4.69, 9.17) is 14.6 Å². The number of H-pyrrole nitrogens is 1. The van der Waals surface area contributed by atoms with Crippen molar-refractivity contribution in [2.45, 2.75) is 32.3 Å². The summed E-state index contributed by atoms with van der Waals surface area (Å²) >= 11 is 0. The molecule has 0 spiro atoms. The first-order valence-corrected chi connectivity index (χ1v) is 11.5. The van der Waals surface area contributed by atoms with Gasteiger partial charge >= 0.3 is 5.97 Å². The summed E-state index contributed by atoms with van der Waals surface area (Å²) in [6, 6.07) is 7.20. The quantitative estimate of drug-likeness (QED) is 0.444. The second kappa shape index (κ2) is 10.5. The first kappa shape index (κ1) is 20.7. The van der Waals surface area contributed by atoms with Crippen molar-refractivity contribution in [2.24, 2.45) is 0 Å². The van der Waals surface area contributed by atoms with Crippen molar-refractivity contribution in [3.8, 4) is 5.75 Å². The number of nitrogens with zero attached hydrogens (tertiary/aromatic N) is 1. The number of imidazole rings is 1. The summed E-state index contributed by atoms with van der Waals surface area (Å²) in [6.45, 7) is 9.06. The van der Waals surface area contributed by atoms with Crippen LogP contribution in [0, 0.1) is 0 Å². The highest BCUT2D eigenvalue weighted by atomic mass is 28.3. The van der Waals surface area contributed by atoms with E-state index < -0.39 is 14.0 Å². The van der Waals surface area contributed by atoms with E-state index in [-0.39, 0.29) is 12.5 Å². The van der Waals surface area contributed by atoms with Crippen LogP contribution < -0.4 is 4.74 Å². The van der Waals surface area contributed by atoms with E-state index in [0.717, 1.165) is 11.6 Å². The van der Waals surface area contributed by atoms with Gasteiger partial charge in [0.05, 0.1) is 14.4 Å². The lowest BCUT2D eigenvalue weighted by Crippen LogP contribution is -2.38. The molecule has 1 unspecified atom stereocenters. The van der Waals surface area contributed by atoms with Crippen LogP contribution in [0.3, 0.4) is 0 Å². The molecule has 0 aliphatic carbocycles. The molecule has 6 nitrogen and oxygen atoms in total. The molecule has 0 radical (unpaired) electrons. The Bertz CT molecular complexity index is 617. The van der Waals surface area contributed by atoms with Crippen molar-refractivity contribution in [3.05, 3.63) is 54.6 Å². The maximum absolute atomic E-state index is 10.4. The third-order valence-electron chi connectivity index (χ3n) is 3.47. The van der Waals surface area contributed by atoms with Gasteiger partial charge in [-0.05, 0) is 30.7 Å². The number of hydrogen-bond acceptors (Lipinski definition) is 4. The van der Waals surface area contributed by atoms with Gasteiger partial charge in [-0.25, -0.2) is 9.78 Å². The summed E-state index contributed by atoms with van der Waals surface area (Å²) < 4.78 is 11.2. The van der Waals surface area contributed by atoms with Crippen molar-refractivity contribution in [1.82, 2.24) is 9.97 Å². The van der Waals surface area contributed by atoms with Crippen LogP contribution >= 0.6 is 0 Å². The second-order valence-corrected chi connectivity index (χ2v) is 12.0. The van der Waals surface area contributed by atoms with Crippen molar-refractivity contribution >= 4 is 20.1 Å². The van der Waals surface area contributed by atoms with E-state index in [0.29, 0.717) is 5.75 Å². The number of nitrogens with one attached hydrogen (secondary N) is 1. The summed E-state index contributed by atoms with van der Waals surface area (Å²) in [5.74, 6) is -0.251. The van der Waals surface area contributed by atoms with E-state index in [1.54, 1.807) is 43.0 Å². The van der Waals surface area contributed by atoms with Crippen LogP contribution in [0.5, 0.6) is 5.75 Å². The third-order valence-corrected chi connectivity index (χ3v) is 6.07. The van der Waals surface area contributed by atoms with Crippen molar-refractivity contribution < 1.29 is 19.4 Å². The summed E-state index contributed by atoms with van der Waals surface area (Å²) in [7, 11) is -1.30. The van der Waals surface area contributed by atoms with Gasteiger partial charge in [-0.3, -0.25) is 0 Å². The molecule has 25 heavy (non-hydrogen) atoms. The van der Waals surface area contributed by atoms with Crippen LogP contribution in [0.15, 0.2) is 49.1 Å². The maximum atomic E-state index is 10.4. The molecule has 0 bridgehead atoms. The fraction of sp³-hybridized carbons (Fsp3) is 0.333. The second-order valence-electron chi connectivity index (χ2n) is 6.44. The molecular weight excluding hydrogens is 336 g/mol. The minimum atomic E-state index is -1.30. The molecule has 1 aromatic heterocycles. The smallest absolute Gasteiger partial charge is 0.328 e. The Morgan fingerprint density at radius 1 is 1.32 bits per heavy atom. The van der Waals surface area contributed by atoms with Crippen LogP contribution in [-0.2, 0) is 9.53 Å². The van der Waals surface area contributed by atoms with Crippen LogP contribution in [0.2, 0.25) is 19.6 Å². The molecule has 2 aromatic rings. The van der Waals surface area contributed by atoms with Gasteiger partial charge in [0.1, 0.15) is 5.75 Å². The van der Waals surface area contributed by atoms with Crippen molar-refractivity contribution in [2.75, 3.05) is 6.79 Å². The molecule has 0 aliphatic rings. The molecule has 7 heteroatoms. The summed E-state index contributed by atoms with van der Waals surface area (Å²) in [4.78, 5) is 16.8. The number of hydrogen-bond donors (Lipinski definition) is 2. The molecule has 0 amide bonds. The fourth-order valence-electron chi connectivity index (χ4n) is 1.51. The molecule has 136 valence electrons. The third kappa shape index (κ3) is 9.48. The number of aliphatic carboxylic acids is 1. The molecule has 0 saturated carbocycles. The number of rotatable bonds is 7. The Morgan fingerprint density at radius 2 is 2.00 bits per heavy atom. The predicted octanol–water partition coefficient (Wildman–Crippen LogP) is 3.81. The Kier molecular flexibility index (Phi) is 8.66. The highest BCUT2D eigenvalue weighted by Crippen LogP contribution is 2.15. The summed E-state index contributed by atoms with van der Waals surface area (Å²) in [5.41, 5.74) is 1.05. The van der Waals surface area contributed by atoms with Gasteiger partial charge in [0.25, 0.3) is 0 Å². The van der Waals surface area contributed by atoms with E-state index in [9.17, 15) is 4.79 Å². The van der Waals surface area contributed by atoms with Gasteiger partial charge in [-0.1, -0.05) is 31.8 Å². The predicted molar refractivity (Wildman–Crippen MR) is 101 cm³/mol. The fourth-order valence-corrected chi connectivity index (χ4v) is 2.08. The molecule has 0 aliphatic heterocycles. The van der Waals surface area contributed by atoms with Crippen LogP contribution in [0.25, 0.3) is 6.08 Å². The first-order chi connectivity index (χ1) is 11.8. The van der Waals surface area contributed by atoms with E-state index >= 15 is 0 Å². The lowest BCUT2D eigenvalue weighted by atomic mass is 10.2. The zero-order valence-electron chi connectivity index (χ0n) is 15.1. The standard InChI is InChI=1S/C15H22O4Si.C3H4N2/c1-12(20(2,3)4)18-11-19-14-8-5-13(6-9-14)7-10-15(16)17;1-2-5-3-4-1/h5-10,12H,11H2,1-4H3,(H,16,17);1-3H,(H,4,5)/b10-7+;. The minimum Gasteiger partial charge on any atom is -0.478 e. The average molecular weight is 363 g/mol. The monoisotopic (exact) mass is 362 g/mol. The number of aromatic amines is 1. The summed E-state index contributed by atoms with van der Waals surface area (Å²) in [5, 5.41) is 8.54. The van der Waals surface area contributed by atoms with Gasteiger partial charge in [0, 0.05) is 24.2 Å². The number of carbonyl (C=O) groups is 1. The highest BCUT2D eigenvalue weighted by Gasteiger charge is 2.23. The average Bonchev–Trinajstić information content (AvgIpc) is 3.13. The van der Waals surface area contributed by atoms with Gasteiger partial charge in [0.15, 0.2) is 6.79 Å².